The van der Waals surface area contributed by atoms with Gasteiger partial charge in [-0.2, -0.15) is 13.2 Å². The number of nitrogens with one attached hydrogen (secondary N) is 1. The third-order valence-electron chi connectivity index (χ3n) is 3.89. The number of benzene rings is 2. The number of thiophene rings is 1. The van der Waals surface area contributed by atoms with E-state index in [0.717, 1.165) is 29.1 Å². The van der Waals surface area contributed by atoms with Gasteiger partial charge in [-0.05, 0) is 53.4 Å². The Bertz CT molecular complexity index is 907. The Hall–Kier alpha value is -2.87. The van der Waals surface area contributed by atoms with Gasteiger partial charge in [-0.25, -0.2) is 4.39 Å². The van der Waals surface area contributed by atoms with Gasteiger partial charge in [0.25, 0.3) is 5.91 Å². The number of rotatable bonds is 6. The molecule has 0 saturated carbocycles. The maximum Gasteiger partial charge on any atom is 0.416 e. The number of carbonyl (C=O) groups excluding carboxylic acids is 1. The standard InChI is InChI=1S/C20H15F4NO2S/c21-15-7-3-13(4-8-15)19(17-2-1-11-28-17)25-18(26)12-27-16-9-5-14(6-10-16)20(22,23)24/h1-11,19H,12H2,(H,25,26)/t19-/m0/s1. The van der Waals surface area contributed by atoms with E-state index in [9.17, 15) is 22.4 Å². The molecule has 0 saturated heterocycles. The van der Waals surface area contributed by atoms with Gasteiger partial charge in [0, 0.05) is 4.88 Å². The molecule has 0 spiro atoms. The van der Waals surface area contributed by atoms with E-state index in [0.29, 0.717) is 5.56 Å². The summed E-state index contributed by atoms with van der Waals surface area (Å²) in [5, 5.41) is 4.66. The van der Waals surface area contributed by atoms with Gasteiger partial charge in [-0.3, -0.25) is 4.79 Å². The minimum Gasteiger partial charge on any atom is -0.484 e. The third-order valence-corrected chi connectivity index (χ3v) is 4.83. The number of amides is 1. The van der Waals surface area contributed by atoms with E-state index in [4.69, 9.17) is 4.74 Å². The minimum absolute atomic E-state index is 0.151. The van der Waals surface area contributed by atoms with Crippen LogP contribution in [0, 0.1) is 5.82 Å². The van der Waals surface area contributed by atoms with Crippen molar-refractivity contribution in [2.24, 2.45) is 0 Å². The fraction of sp³-hybridized carbons (Fsp3) is 0.150. The fourth-order valence-corrected chi connectivity index (χ4v) is 3.32. The quantitative estimate of drug-likeness (QED) is 0.569. The predicted octanol–water partition coefficient (Wildman–Crippen LogP) is 5.19. The van der Waals surface area contributed by atoms with Gasteiger partial charge in [0.15, 0.2) is 6.61 Å². The first-order valence-electron chi connectivity index (χ1n) is 8.21. The molecule has 1 amide bonds. The van der Waals surface area contributed by atoms with E-state index >= 15 is 0 Å². The Kier molecular flexibility index (Phi) is 5.99. The first-order valence-corrected chi connectivity index (χ1v) is 9.09. The molecule has 0 fully saturated rings. The molecule has 0 aliphatic carbocycles. The van der Waals surface area contributed by atoms with Gasteiger partial charge in [-0.1, -0.05) is 18.2 Å². The number of ether oxygens (including phenoxy) is 1. The van der Waals surface area contributed by atoms with Crippen molar-refractivity contribution in [3.63, 3.8) is 0 Å². The number of carbonyl (C=O) groups is 1. The molecular weight excluding hydrogens is 394 g/mol. The zero-order chi connectivity index (χ0) is 20.1. The van der Waals surface area contributed by atoms with Gasteiger partial charge < -0.3 is 10.1 Å². The van der Waals surface area contributed by atoms with E-state index in [1.807, 2.05) is 17.5 Å². The number of halogens is 4. The van der Waals surface area contributed by atoms with Crippen LogP contribution in [-0.4, -0.2) is 12.5 Å². The lowest BCUT2D eigenvalue weighted by Crippen LogP contribution is -2.32. The normalized spacial score (nSPS) is 12.4. The van der Waals surface area contributed by atoms with Crippen LogP contribution >= 0.6 is 11.3 Å². The summed E-state index contributed by atoms with van der Waals surface area (Å²) in [5.41, 5.74) is -0.0925. The average Bonchev–Trinajstić information content (AvgIpc) is 3.19. The molecule has 3 rings (SSSR count). The Morgan fingerprint density at radius 2 is 1.71 bits per heavy atom. The van der Waals surface area contributed by atoms with Gasteiger partial charge in [0.1, 0.15) is 11.6 Å². The second-order valence-electron chi connectivity index (χ2n) is 5.88. The lowest BCUT2D eigenvalue weighted by atomic mass is 10.1. The largest absolute Gasteiger partial charge is 0.484 e. The van der Waals surface area contributed by atoms with E-state index < -0.39 is 23.7 Å². The van der Waals surface area contributed by atoms with Crippen molar-refractivity contribution in [1.82, 2.24) is 5.32 Å². The van der Waals surface area contributed by atoms with Crippen LogP contribution in [0.4, 0.5) is 17.6 Å². The molecule has 0 aliphatic heterocycles. The van der Waals surface area contributed by atoms with Crippen molar-refractivity contribution in [2.45, 2.75) is 12.2 Å². The summed E-state index contributed by atoms with van der Waals surface area (Å²) in [6.07, 6.45) is -4.43. The van der Waals surface area contributed by atoms with E-state index in [-0.39, 0.29) is 18.2 Å². The maximum atomic E-state index is 13.2. The van der Waals surface area contributed by atoms with Crippen molar-refractivity contribution in [1.29, 1.82) is 0 Å². The second kappa shape index (κ2) is 8.43. The van der Waals surface area contributed by atoms with E-state index in [2.05, 4.69) is 5.32 Å². The Morgan fingerprint density at radius 3 is 2.29 bits per heavy atom. The summed E-state index contributed by atoms with van der Waals surface area (Å²) in [4.78, 5) is 13.2. The van der Waals surface area contributed by atoms with Crippen molar-refractivity contribution >= 4 is 17.2 Å². The summed E-state index contributed by atoms with van der Waals surface area (Å²) in [6.45, 7) is -0.367. The second-order valence-corrected chi connectivity index (χ2v) is 6.86. The van der Waals surface area contributed by atoms with Crippen LogP contribution in [-0.2, 0) is 11.0 Å². The monoisotopic (exact) mass is 409 g/mol. The molecule has 0 bridgehead atoms. The molecule has 1 aromatic heterocycles. The number of hydrogen-bond donors (Lipinski definition) is 1. The van der Waals surface area contributed by atoms with Crippen molar-refractivity contribution in [3.05, 3.63) is 87.9 Å². The number of hydrogen-bond acceptors (Lipinski definition) is 3. The topological polar surface area (TPSA) is 38.3 Å². The molecule has 1 heterocycles. The summed E-state index contributed by atoms with van der Waals surface area (Å²) in [5.74, 6) is -0.689. The summed E-state index contributed by atoms with van der Waals surface area (Å²) in [7, 11) is 0. The van der Waals surface area contributed by atoms with Crippen LogP contribution in [0.15, 0.2) is 66.0 Å². The maximum absolute atomic E-state index is 13.2. The van der Waals surface area contributed by atoms with Crippen LogP contribution in [0.25, 0.3) is 0 Å². The van der Waals surface area contributed by atoms with Crippen LogP contribution in [0.1, 0.15) is 22.0 Å². The smallest absolute Gasteiger partial charge is 0.416 e. The summed E-state index contributed by atoms with van der Waals surface area (Å²) < 4.78 is 56.2. The minimum atomic E-state index is -4.43. The Labute approximate surface area is 162 Å². The molecule has 0 unspecified atom stereocenters. The van der Waals surface area contributed by atoms with Gasteiger partial charge >= 0.3 is 6.18 Å². The molecule has 0 radical (unpaired) electrons. The van der Waals surface area contributed by atoms with Gasteiger partial charge in [0.2, 0.25) is 0 Å². The summed E-state index contributed by atoms with van der Waals surface area (Å²) >= 11 is 1.43. The van der Waals surface area contributed by atoms with Crippen LogP contribution in [0.2, 0.25) is 0 Å². The lowest BCUT2D eigenvalue weighted by Gasteiger charge is -2.18. The van der Waals surface area contributed by atoms with Crippen LogP contribution in [0.3, 0.4) is 0 Å². The molecular formula is C20H15F4NO2S. The SMILES string of the molecule is O=C(COc1ccc(C(F)(F)F)cc1)N[C@@H](c1ccc(F)cc1)c1cccs1. The Morgan fingerprint density at radius 1 is 1.04 bits per heavy atom. The molecule has 8 heteroatoms. The van der Waals surface area contributed by atoms with Crippen molar-refractivity contribution in [3.8, 4) is 5.75 Å². The van der Waals surface area contributed by atoms with Crippen LogP contribution < -0.4 is 10.1 Å². The first kappa shape index (κ1) is 19.9. The lowest BCUT2D eigenvalue weighted by molar-refractivity contribution is -0.137. The molecule has 146 valence electrons. The highest BCUT2D eigenvalue weighted by Crippen LogP contribution is 2.30. The average molecular weight is 409 g/mol. The van der Waals surface area contributed by atoms with Crippen molar-refractivity contribution in [2.75, 3.05) is 6.61 Å². The van der Waals surface area contributed by atoms with Crippen molar-refractivity contribution < 1.29 is 27.1 Å². The molecule has 3 aromatic rings. The molecule has 1 N–H and O–H groups in total. The van der Waals surface area contributed by atoms with E-state index in [1.54, 1.807) is 12.1 Å². The van der Waals surface area contributed by atoms with Gasteiger partial charge in [0.05, 0.1) is 11.6 Å². The Balaban J connectivity index is 1.65. The molecule has 28 heavy (non-hydrogen) atoms. The fourth-order valence-electron chi connectivity index (χ4n) is 2.52. The summed E-state index contributed by atoms with van der Waals surface area (Å²) in [6, 6.07) is 13.1. The molecule has 2 aromatic carbocycles. The zero-order valence-corrected chi connectivity index (χ0v) is 15.2. The van der Waals surface area contributed by atoms with E-state index in [1.165, 1.54) is 23.5 Å². The molecule has 0 aliphatic rings. The molecule has 1 atom stereocenters. The highest BCUT2D eigenvalue weighted by molar-refractivity contribution is 7.10. The third kappa shape index (κ3) is 5.10. The first-order chi connectivity index (χ1) is 13.3. The predicted molar refractivity (Wildman–Crippen MR) is 97.6 cm³/mol. The van der Waals surface area contributed by atoms with Gasteiger partial charge in [-0.15, -0.1) is 11.3 Å². The number of alkyl halides is 3. The highest BCUT2D eigenvalue weighted by Gasteiger charge is 2.30. The molecule has 3 nitrogen and oxygen atoms in total. The highest BCUT2D eigenvalue weighted by atomic mass is 32.1. The van der Waals surface area contributed by atoms with Crippen LogP contribution in [0.5, 0.6) is 5.75 Å². The zero-order valence-electron chi connectivity index (χ0n) is 14.4.